The van der Waals surface area contributed by atoms with Crippen LogP contribution in [0, 0.1) is 0 Å². The number of thioether (sulfide) groups is 1. The highest BCUT2D eigenvalue weighted by Gasteiger charge is 2.36. The Morgan fingerprint density at radius 1 is 1.67 bits per heavy atom. The second-order valence-corrected chi connectivity index (χ2v) is 3.15. The molecule has 9 heavy (non-hydrogen) atoms. The summed E-state index contributed by atoms with van der Waals surface area (Å²) in [7, 11) is 1.93. The van der Waals surface area contributed by atoms with Crippen molar-refractivity contribution in [2.75, 3.05) is 19.1 Å². The summed E-state index contributed by atoms with van der Waals surface area (Å²) >= 11 is 1.87. The summed E-state index contributed by atoms with van der Waals surface area (Å²) in [5, 5.41) is 3.07. The lowest BCUT2D eigenvalue weighted by molar-refractivity contribution is 0.352. The second-order valence-electron chi connectivity index (χ2n) is 2.17. The Labute approximate surface area is 60.3 Å². The average molecular weight is 147 g/mol. The number of rotatable bonds is 4. The van der Waals surface area contributed by atoms with Gasteiger partial charge in [0.05, 0.1) is 6.10 Å². The number of nitrogens with one attached hydrogen (secondary N) is 1. The van der Waals surface area contributed by atoms with Gasteiger partial charge >= 0.3 is 0 Å². The van der Waals surface area contributed by atoms with Gasteiger partial charge in [0.25, 0.3) is 0 Å². The first-order chi connectivity index (χ1) is 4.38. The summed E-state index contributed by atoms with van der Waals surface area (Å²) in [6.45, 7) is 0. The quantitative estimate of drug-likeness (QED) is 0.592. The van der Waals surface area contributed by atoms with Gasteiger partial charge in [0.15, 0.2) is 0 Å². The highest BCUT2D eigenvalue weighted by Crippen LogP contribution is 2.23. The molecule has 0 bridgehead atoms. The van der Waals surface area contributed by atoms with Crippen LogP contribution in [-0.2, 0) is 4.74 Å². The van der Waals surface area contributed by atoms with Crippen molar-refractivity contribution in [3.05, 3.63) is 0 Å². The third kappa shape index (κ3) is 2.16. The van der Waals surface area contributed by atoms with Crippen LogP contribution in [-0.4, -0.2) is 31.4 Å². The Hall–Kier alpha value is 0.270. The van der Waals surface area contributed by atoms with Crippen LogP contribution in [0.5, 0.6) is 0 Å². The van der Waals surface area contributed by atoms with Gasteiger partial charge in [-0.15, -0.1) is 0 Å². The van der Waals surface area contributed by atoms with E-state index in [2.05, 4.69) is 11.6 Å². The minimum absolute atomic E-state index is 0.358. The van der Waals surface area contributed by atoms with Crippen LogP contribution in [0.4, 0.5) is 0 Å². The molecule has 1 heterocycles. The van der Waals surface area contributed by atoms with Crippen LogP contribution in [0.3, 0.4) is 0 Å². The zero-order valence-electron chi connectivity index (χ0n) is 5.89. The molecule has 2 nitrogen and oxygen atoms in total. The number of hydrogen-bond acceptors (Lipinski definition) is 3. The predicted octanol–water partition coefficient (Wildman–Crippen LogP) is 0.684. The number of ether oxygens (including phenoxy) is 1. The SMILES string of the molecule is CNC1OC1CCSC. The van der Waals surface area contributed by atoms with Gasteiger partial charge in [-0.3, -0.25) is 5.32 Å². The largest absolute Gasteiger partial charge is 0.353 e. The van der Waals surface area contributed by atoms with E-state index in [9.17, 15) is 0 Å². The smallest absolute Gasteiger partial charge is 0.135 e. The molecule has 54 valence electrons. The normalized spacial score (nSPS) is 32.7. The van der Waals surface area contributed by atoms with E-state index >= 15 is 0 Å². The lowest BCUT2D eigenvalue weighted by Gasteiger charge is -1.89. The van der Waals surface area contributed by atoms with Crippen LogP contribution >= 0.6 is 11.8 Å². The van der Waals surface area contributed by atoms with E-state index in [1.54, 1.807) is 0 Å². The van der Waals surface area contributed by atoms with Gasteiger partial charge in [0.2, 0.25) is 0 Å². The first kappa shape index (κ1) is 7.38. The molecule has 0 aromatic heterocycles. The van der Waals surface area contributed by atoms with E-state index < -0.39 is 0 Å². The van der Waals surface area contributed by atoms with Gasteiger partial charge in [-0.2, -0.15) is 11.8 Å². The van der Waals surface area contributed by atoms with Gasteiger partial charge < -0.3 is 4.74 Å². The maximum absolute atomic E-state index is 5.24. The zero-order chi connectivity index (χ0) is 6.69. The van der Waals surface area contributed by atoms with Crippen molar-refractivity contribution < 1.29 is 4.74 Å². The molecule has 1 saturated heterocycles. The first-order valence-corrected chi connectivity index (χ1v) is 4.59. The molecule has 1 aliphatic heterocycles. The highest BCUT2D eigenvalue weighted by molar-refractivity contribution is 7.98. The molecule has 1 rings (SSSR count). The Balaban J connectivity index is 1.92. The van der Waals surface area contributed by atoms with Crippen molar-refractivity contribution in [3.63, 3.8) is 0 Å². The number of hydrogen-bond donors (Lipinski definition) is 1. The van der Waals surface area contributed by atoms with E-state index in [1.807, 2.05) is 18.8 Å². The summed E-state index contributed by atoms with van der Waals surface area (Å²) in [5.41, 5.74) is 0. The van der Waals surface area contributed by atoms with Gasteiger partial charge in [0.1, 0.15) is 6.23 Å². The van der Waals surface area contributed by atoms with Crippen molar-refractivity contribution in [3.8, 4) is 0 Å². The van der Waals surface area contributed by atoms with E-state index in [0.717, 1.165) is 0 Å². The third-order valence-corrected chi connectivity index (χ3v) is 2.12. The molecule has 1 fully saturated rings. The molecule has 1 N–H and O–H groups in total. The molecule has 3 heteroatoms. The van der Waals surface area contributed by atoms with Crippen molar-refractivity contribution in [1.29, 1.82) is 0 Å². The van der Waals surface area contributed by atoms with Crippen molar-refractivity contribution in [2.24, 2.45) is 0 Å². The van der Waals surface area contributed by atoms with Crippen LogP contribution in [0.2, 0.25) is 0 Å². The van der Waals surface area contributed by atoms with Gasteiger partial charge in [-0.05, 0) is 25.5 Å². The fraction of sp³-hybridized carbons (Fsp3) is 1.00. The monoisotopic (exact) mass is 147 g/mol. The highest BCUT2D eigenvalue weighted by atomic mass is 32.2. The minimum Gasteiger partial charge on any atom is -0.353 e. The van der Waals surface area contributed by atoms with Crippen molar-refractivity contribution >= 4 is 11.8 Å². The molecular formula is C6H13NOS. The molecule has 2 atom stereocenters. The summed E-state index contributed by atoms with van der Waals surface area (Å²) in [6, 6.07) is 0. The van der Waals surface area contributed by atoms with Crippen LogP contribution in [0.1, 0.15) is 6.42 Å². The van der Waals surface area contributed by atoms with Crippen molar-refractivity contribution in [1.82, 2.24) is 5.32 Å². The standard InChI is InChI=1S/C6H13NOS/c1-7-6-5(8-6)3-4-9-2/h5-7H,3-4H2,1-2H3. The molecule has 0 amide bonds. The number of likely N-dealkylation sites (N-methyl/N-ethyl adjacent to an activating group) is 1. The fourth-order valence-corrected chi connectivity index (χ4v) is 1.32. The molecule has 0 spiro atoms. The third-order valence-electron chi connectivity index (χ3n) is 1.47. The van der Waals surface area contributed by atoms with Crippen LogP contribution in [0.25, 0.3) is 0 Å². The van der Waals surface area contributed by atoms with E-state index in [-0.39, 0.29) is 0 Å². The van der Waals surface area contributed by atoms with Crippen LogP contribution in [0.15, 0.2) is 0 Å². The molecule has 0 radical (unpaired) electrons. The topological polar surface area (TPSA) is 24.6 Å². The maximum Gasteiger partial charge on any atom is 0.135 e. The lowest BCUT2D eigenvalue weighted by Crippen LogP contribution is -2.13. The Kier molecular flexibility index (Phi) is 2.82. The molecule has 0 aliphatic carbocycles. The summed E-state index contributed by atoms with van der Waals surface area (Å²) in [5.74, 6) is 1.21. The summed E-state index contributed by atoms with van der Waals surface area (Å²) < 4.78 is 5.24. The number of epoxide rings is 1. The van der Waals surface area contributed by atoms with E-state index in [1.165, 1.54) is 12.2 Å². The first-order valence-electron chi connectivity index (χ1n) is 3.20. The molecule has 1 aliphatic rings. The Morgan fingerprint density at radius 3 is 2.89 bits per heavy atom. The minimum atomic E-state index is 0.358. The molecule has 0 aromatic carbocycles. The zero-order valence-corrected chi connectivity index (χ0v) is 6.70. The summed E-state index contributed by atoms with van der Waals surface area (Å²) in [4.78, 5) is 0. The molecule has 0 aromatic rings. The van der Waals surface area contributed by atoms with Crippen molar-refractivity contribution in [2.45, 2.75) is 18.8 Å². The van der Waals surface area contributed by atoms with E-state index in [4.69, 9.17) is 4.74 Å². The molecule has 2 unspecified atom stereocenters. The molecule has 0 saturated carbocycles. The Bertz CT molecular complexity index is 89.1. The predicted molar refractivity (Wildman–Crippen MR) is 40.7 cm³/mol. The van der Waals surface area contributed by atoms with Gasteiger partial charge in [0, 0.05) is 0 Å². The summed E-state index contributed by atoms with van der Waals surface area (Å²) in [6.07, 6.45) is 4.17. The fourth-order valence-electron chi connectivity index (χ4n) is 0.850. The van der Waals surface area contributed by atoms with Gasteiger partial charge in [-0.1, -0.05) is 0 Å². The van der Waals surface area contributed by atoms with Gasteiger partial charge in [-0.25, -0.2) is 0 Å². The van der Waals surface area contributed by atoms with E-state index in [0.29, 0.717) is 12.3 Å². The second kappa shape index (κ2) is 3.44. The lowest BCUT2D eigenvalue weighted by atomic mass is 10.3. The van der Waals surface area contributed by atoms with Crippen LogP contribution < -0.4 is 5.32 Å². The maximum atomic E-state index is 5.24. The average Bonchev–Trinajstić information content (AvgIpc) is 2.62. The molecular weight excluding hydrogens is 134 g/mol. The Morgan fingerprint density at radius 2 is 2.44 bits per heavy atom.